The lowest BCUT2D eigenvalue weighted by molar-refractivity contribution is 0.190. The second-order valence-corrected chi connectivity index (χ2v) is 4.28. The van der Waals surface area contributed by atoms with Crippen LogP contribution < -0.4 is 5.32 Å². The van der Waals surface area contributed by atoms with E-state index in [9.17, 15) is 0 Å². The minimum absolute atomic E-state index is 0.347. The van der Waals surface area contributed by atoms with E-state index in [1.165, 1.54) is 5.56 Å². The third kappa shape index (κ3) is 3.92. The standard InChI is InChI=1S/C13H21NO/c1-10(2)12-5-7-13(8-6-12)14-11(3)9-15-4/h5-8,10-11,14H,9H2,1-4H3. The molecular weight excluding hydrogens is 186 g/mol. The number of hydrogen-bond acceptors (Lipinski definition) is 2. The van der Waals surface area contributed by atoms with E-state index in [1.807, 2.05) is 0 Å². The summed E-state index contributed by atoms with van der Waals surface area (Å²) < 4.78 is 5.08. The van der Waals surface area contributed by atoms with E-state index >= 15 is 0 Å². The predicted octanol–water partition coefficient (Wildman–Crippen LogP) is 3.26. The zero-order chi connectivity index (χ0) is 11.3. The fraction of sp³-hybridized carbons (Fsp3) is 0.538. The van der Waals surface area contributed by atoms with Crippen LogP contribution in [-0.2, 0) is 4.74 Å². The van der Waals surface area contributed by atoms with Gasteiger partial charge < -0.3 is 10.1 Å². The molecular formula is C13H21NO. The van der Waals surface area contributed by atoms with Crippen LogP contribution in [0.4, 0.5) is 5.69 Å². The van der Waals surface area contributed by atoms with Gasteiger partial charge in [0.1, 0.15) is 0 Å². The van der Waals surface area contributed by atoms with Gasteiger partial charge in [-0.2, -0.15) is 0 Å². The summed E-state index contributed by atoms with van der Waals surface area (Å²) in [5, 5.41) is 3.38. The van der Waals surface area contributed by atoms with Crippen molar-refractivity contribution < 1.29 is 4.74 Å². The molecule has 0 heterocycles. The average Bonchev–Trinajstić information content (AvgIpc) is 2.18. The molecule has 15 heavy (non-hydrogen) atoms. The molecule has 2 heteroatoms. The lowest BCUT2D eigenvalue weighted by atomic mass is 10.0. The number of hydrogen-bond donors (Lipinski definition) is 1. The highest BCUT2D eigenvalue weighted by molar-refractivity contribution is 5.45. The number of ether oxygens (including phenoxy) is 1. The molecule has 0 fully saturated rings. The van der Waals surface area contributed by atoms with Crippen molar-refractivity contribution in [2.45, 2.75) is 32.7 Å². The Morgan fingerprint density at radius 2 is 1.73 bits per heavy atom. The molecule has 0 spiro atoms. The van der Waals surface area contributed by atoms with Gasteiger partial charge in [0.25, 0.3) is 0 Å². The summed E-state index contributed by atoms with van der Waals surface area (Å²) in [5.74, 6) is 0.593. The smallest absolute Gasteiger partial charge is 0.0661 e. The summed E-state index contributed by atoms with van der Waals surface area (Å²) in [5.41, 5.74) is 2.53. The summed E-state index contributed by atoms with van der Waals surface area (Å²) >= 11 is 0. The Bertz CT molecular complexity index is 279. The van der Waals surface area contributed by atoms with Gasteiger partial charge in [-0.25, -0.2) is 0 Å². The summed E-state index contributed by atoms with van der Waals surface area (Å²) in [4.78, 5) is 0. The van der Waals surface area contributed by atoms with Crippen LogP contribution >= 0.6 is 0 Å². The van der Waals surface area contributed by atoms with Gasteiger partial charge in [0, 0.05) is 18.8 Å². The quantitative estimate of drug-likeness (QED) is 0.800. The van der Waals surface area contributed by atoms with Crippen LogP contribution in [0.15, 0.2) is 24.3 Å². The number of rotatable bonds is 5. The summed E-state index contributed by atoms with van der Waals surface area (Å²) in [7, 11) is 1.72. The predicted molar refractivity (Wildman–Crippen MR) is 65.5 cm³/mol. The zero-order valence-electron chi connectivity index (χ0n) is 10.1. The van der Waals surface area contributed by atoms with Crippen molar-refractivity contribution >= 4 is 5.69 Å². The van der Waals surface area contributed by atoms with Gasteiger partial charge in [0.05, 0.1) is 6.61 Å². The first kappa shape index (κ1) is 12.1. The molecule has 1 rings (SSSR count). The molecule has 0 saturated carbocycles. The highest BCUT2D eigenvalue weighted by atomic mass is 16.5. The number of methoxy groups -OCH3 is 1. The molecule has 2 nitrogen and oxygen atoms in total. The second kappa shape index (κ2) is 5.76. The maximum absolute atomic E-state index is 5.08. The number of benzene rings is 1. The van der Waals surface area contributed by atoms with Crippen LogP contribution in [0.2, 0.25) is 0 Å². The van der Waals surface area contributed by atoms with Crippen molar-refractivity contribution in [3.8, 4) is 0 Å². The van der Waals surface area contributed by atoms with Gasteiger partial charge in [-0.15, -0.1) is 0 Å². The second-order valence-electron chi connectivity index (χ2n) is 4.28. The molecule has 84 valence electrons. The molecule has 0 saturated heterocycles. The normalized spacial score (nSPS) is 12.9. The summed E-state index contributed by atoms with van der Waals surface area (Å²) in [6, 6.07) is 8.95. The topological polar surface area (TPSA) is 21.3 Å². The van der Waals surface area contributed by atoms with E-state index in [1.54, 1.807) is 7.11 Å². The molecule has 0 aromatic heterocycles. The third-order valence-corrected chi connectivity index (χ3v) is 2.41. The number of nitrogens with one attached hydrogen (secondary N) is 1. The molecule has 1 atom stereocenters. The minimum Gasteiger partial charge on any atom is -0.383 e. The maximum atomic E-state index is 5.08. The van der Waals surface area contributed by atoms with E-state index in [2.05, 4.69) is 50.4 Å². The van der Waals surface area contributed by atoms with Gasteiger partial charge in [0.2, 0.25) is 0 Å². The van der Waals surface area contributed by atoms with E-state index < -0.39 is 0 Å². The highest BCUT2D eigenvalue weighted by Crippen LogP contribution is 2.17. The lowest BCUT2D eigenvalue weighted by Gasteiger charge is -2.15. The summed E-state index contributed by atoms with van der Waals surface area (Å²) in [6.45, 7) is 7.25. The van der Waals surface area contributed by atoms with Gasteiger partial charge in [-0.05, 0) is 30.5 Å². The van der Waals surface area contributed by atoms with Crippen molar-refractivity contribution in [2.75, 3.05) is 19.0 Å². The van der Waals surface area contributed by atoms with E-state index in [-0.39, 0.29) is 0 Å². The van der Waals surface area contributed by atoms with Crippen molar-refractivity contribution in [1.82, 2.24) is 0 Å². The Morgan fingerprint density at radius 1 is 1.13 bits per heavy atom. The largest absolute Gasteiger partial charge is 0.383 e. The van der Waals surface area contributed by atoms with E-state index in [0.717, 1.165) is 12.3 Å². The molecule has 0 aliphatic heterocycles. The van der Waals surface area contributed by atoms with Crippen molar-refractivity contribution in [2.24, 2.45) is 0 Å². The molecule has 1 unspecified atom stereocenters. The van der Waals surface area contributed by atoms with Crippen LogP contribution in [0.25, 0.3) is 0 Å². The molecule has 0 aliphatic carbocycles. The first-order valence-electron chi connectivity index (χ1n) is 5.49. The molecule has 0 amide bonds. The number of anilines is 1. The molecule has 1 N–H and O–H groups in total. The van der Waals surface area contributed by atoms with Crippen molar-refractivity contribution in [1.29, 1.82) is 0 Å². The molecule has 0 radical (unpaired) electrons. The Morgan fingerprint density at radius 3 is 2.20 bits per heavy atom. The maximum Gasteiger partial charge on any atom is 0.0661 e. The zero-order valence-corrected chi connectivity index (χ0v) is 10.1. The first-order chi connectivity index (χ1) is 7.13. The fourth-order valence-corrected chi connectivity index (χ4v) is 1.54. The van der Waals surface area contributed by atoms with Gasteiger partial charge in [-0.3, -0.25) is 0 Å². The highest BCUT2D eigenvalue weighted by Gasteiger charge is 2.02. The Kier molecular flexibility index (Phi) is 4.63. The monoisotopic (exact) mass is 207 g/mol. The molecule has 0 bridgehead atoms. The van der Waals surface area contributed by atoms with Crippen LogP contribution in [-0.4, -0.2) is 19.8 Å². The van der Waals surface area contributed by atoms with Crippen LogP contribution in [0, 0.1) is 0 Å². The van der Waals surface area contributed by atoms with Crippen molar-refractivity contribution in [3.05, 3.63) is 29.8 Å². The third-order valence-electron chi connectivity index (χ3n) is 2.41. The van der Waals surface area contributed by atoms with E-state index in [4.69, 9.17) is 4.74 Å². The van der Waals surface area contributed by atoms with Gasteiger partial charge in [-0.1, -0.05) is 26.0 Å². The van der Waals surface area contributed by atoms with Crippen LogP contribution in [0.1, 0.15) is 32.3 Å². The first-order valence-corrected chi connectivity index (χ1v) is 5.49. The minimum atomic E-state index is 0.347. The fourth-order valence-electron chi connectivity index (χ4n) is 1.54. The Hall–Kier alpha value is -1.02. The SMILES string of the molecule is COCC(C)Nc1ccc(C(C)C)cc1. The Labute approximate surface area is 92.6 Å². The van der Waals surface area contributed by atoms with Crippen LogP contribution in [0.5, 0.6) is 0 Å². The average molecular weight is 207 g/mol. The molecule has 0 aliphatic rings. The van der Waals surface area contributed by atoms with E-state index in [0.29, 0.717) is 12.0 Å². The molecule has 1 aromatic rings. The molecule has 1 aromatic carbocycles. The summed E-state index contributed by atoms with van der Waals surface area (Å²) in [6.07, 6.45) is 0. The van der Waals surface area contributed by atoms with Gasteiger partial charge in [0.15, 0.2) is 0 Å². The van der Waals surface area contributed by atoms with Crippen LogP contribution in [0.3, 0.4) is 0 Å². The lowest BCUT2D eigenvalue weighted by Crippen LogP contribution is -2.20. The van der Waals surface area contributed by atoms with Crippen molar-refractivity contribution in [3.63, 3.8) is 0 Å². The van der Waals surface area contributed by atoms with Gasteiger partial charge >= 0.3 is 0 Å². The Balaban J connectivity index is 2.56.